The van der Waals surface area contributed by atoms with Crippen LogP contribution in [0.1, 0.15) is 30.9 Å². The number of piperidine rings is 1. The summed E-state index contributed by atoms with van der Waals surface area (Å²) in [6, 6.07) is 5.35. The van der Waals surface area contributed by atoms with E-state index in [2.05, 4.69) is 15.0 Å². The first-order chi connectivity index (χ1) is 17.5. The van der Waals surface area contributed by atoms with Crippen LogP contribution in [0.25, 0.3) is 22.3 Å². The van der Waals surface area contributed by atoms with Gasteiger partial charge >= 0.3 is 0 Å². The first-order valence-electron chi connectivity index (χ1n) is 12.1. The number of hydrogen-bond acceptors (Lipinski definition) is 7. The maximum Gasteiger partial charge on any atom is 0.167 e. The summed E-state index contributed by atoms with van der Waals surface area (Å²) < 4.78 is 34.9. The number of ether oxygens (including phenoxy) is 1. The molecule has 3 aromatic heterocycles. The van der Waals surface area contributed by atoms with E-state index in [4.69, 9.17) is 14.7 Å². The maximum atomic E-state index is 14.1. The van der Waals surface area contributed by atoms with Crippen LogP contribution in [0.4, 0.5) is 14.6 Å². The van der Waals surface area contributed by atoms with Crippen LogP contribution in [0.3, 0.4) is 0 Å². The molecule has 6 rings (SSSR count). The Balaban J connectivity index is 1.28. The molecule has 1 aromatic carbocycles. The fourth-order valence-corrected chi connectivity index (χ4v) is 4.87. The molecule has 2 atom stereocenters. The molecular formula is C26H26F2N6O2. The van der Waals surface area contributed by atoms with E-state index in [1.165, 1.54) is 12.1 Å². The molecule has 4 aromatic rings. The zero-order valence-electron chi connectivity index (χ0n) is 19.8. The molecule has 1 N–H and O–H groups in total. The Hall–Kier alpha value is -3.66. The first kappa shape index (κ1) is 22.8. The quantitative estimate of drug-likeness (QED) is 0.437. The molecule has 2 aliphatic rings. The van der Waals surface area contributed by atoms with Crippen molar-refractivity contribution in [2.24, 2.45) is 13.0 Å². The summed E-state index contributed by atoms with van der Waals surface area (Å²) in [7, 11) is 1.86. The highest BCUT2D eigenvalue weighted by molar-refractivity contribution is 5.83. The van der Waals surface area contributed by atoms with Crippen LogP contribution in [0.15, 0.2) is 42.9 Å². The lowest BCUT2D eigenvalue weighted by Gasteiger charge is -2.33. The van der Waals surface area contributed by atoms with Crippen LogP contribution < -0.4 is 9.64 Å². The van der Waals surface area contributed by atoms with Crippen LogP contribution in [0.5, 0.6) is 5.75 Å². The van der Waals surface area contributed by atoms with E-state index in [1.54, 1.807) is 17.1 Å². The first-order valence-corrected chi connectivity index (χ1v) is 12.1. The summed E-state index contributed by atoms with van der Waals surface area (Å²) in [5.74, 6) is 0.0373. The Kier molecular flexibility index (Phi) is 5.75. The van der Waals surface area contributed by atoms with E-state index in [-0.39, 0.29) is 30.3 Å². The molecule has 4 heterocycles. The average Bonchev–Trinajstić information content (AvgIpc) is 3.56. The fourth-order valence-electron chi connectivity index (χ4n) is 4.87. The van der Waals surface area contributed by atoms with Crippen LogP contribution in [-0.2, 0) is 7.05 Å². The number of aryl methyl sites for hydroxylation is 1. The molecule has 0 bridgehead atoms. The van der Waals surface area contributed by atoms with Gasteiger partial charge < -0.3 is 14.7 Å². The van der Waals surface area contributed by atoms with E-state index in [0.717, 1.165) is 40.8 Å². The van der Waals surface area contributed by atoms with Gasteiger partial charge in [0, 0.05) is 69.0 Å². The molecule has 2 unspecified atom stereocenters. The van der Waals surface area contributed by atoms with Crippen molar-refractivity contribution in [2.45, 2.75) is 31.3 Å². The highest BCUT2D eigenvalue weighted by atomic mass is 19.1. The Morgan fingerprint density at radius 2 is 1.92 bits per heavy atom. The van der Waals surface area contributed by atoms with Crippen molar-refractivity contribution >= 4 is 16.9 Å². The van der Waals surface area contributed by atoms with Crippen molar-refractivity contribution in [3.8, 4) is 17.0 Å². The third-order valence-electron chi connectivity index (χ3n) is 7.00. The summed E-state index contributed by atoms with van der Waals surface area (Å²) in [6.07, 6.45) is 7.50. The van der Waals surface area contributed by atoms with Gasteiger partial charge in [-0.05, 0) is 30.5 Å². The molecule has 0 spiro atoms. The molecule has 10 heteroatoms. The molecular weight excluding hydrogens is 466 g/mol. The van der Waals surface area contributed by atoms with Gasteiger partial charge in [-0.15, -0.1) is 0 Å². The third kappa shape index (κ3) is 4.37. The second-order valence-corrected chi connectivity index (χ2v) is 9.56. The topological polar surface area (TPSA) is 89.2 Å². The van der Waals surface area contributed by atoms with Crippen molar-refractivity contribution in [2.75, 3.05) is 24.6 Å². The summed E-state index contributed by atoms with van der Waals surface area (Å²) in [6.45, 7) is 1.46. The van der Waals surface area contributed by atoms with Gasteiger partial charge in [-0.3, -0.25) is 9.67 Å². The monoisotopic (exact) mass is 492 g/mol. The van der Waals surface area contributed by atoms with Gasteiger partial charge in [-0.1, -0.05) is 0 Å². The zero-order chi connectivity index (χ0) is 24.8. The van der Waals surface area contributed by atoms with Crippen molar-refractivity contribution in [3.63, 3.8) is 0 Å². The summed E-state index contributed by atoms with van der Waals surface area (Å²) in [5, 5.41) is 13.8. The minimum absolute atomic E-state index is 0.0673. The molecule has 8 nitrogen and oxygen atoms in total. The molecule has 0 amide bonds. The van der Waals surface area contributed by atoms with Crippen LogP contribution >= 0.6 is 0 Å². The lowest BCUT2D eigenvalue weighted by Crippen LogP contribution is -2.39. The molecule has 0 radical (unpaired) electrons. The van der Waals surface area contributed by atoms with Crippen LogP contribution in [0.2, 0.25) is 0 Å². The SMILES string of the molecule is Cn1cc(-c2nc3cnc(C4CC4CO)cc3nc2N2CCC(Oc3ccc(F)cc3F)CC2)cn1. The standard InChI is InChI=1S/C26H26F2N6O2/c1-33-13-16(11-30-33)25-26(32-22-10-21(19-8-15(19)14-35)29-12-23(22)31-25)34-6-4-18(5-7-34)36-24-3-2-17(27)9-20(24)28/h2-3,9-13,15,18-19,35H,4-8,14H2,1H3. The van der Waals surface area contributed by atoms with Crippen molar-refractivity contribution in [1.29, 1.82) is 0 Å². The highest BCUT2D eigenvalue weighted by Gasteiger charge is 2.39. The minimum atomic E-state index is -0.694. The van der Waals surface area contributed by atoms with Gasteiger partial charge in [-0.25, -0.2) is 18.7 Å². The maximum absolute atomic E-state index is 14.1. The molecule has 2 fully saturated rings. The molecule has 36 heavy (non-hydrogen) atoms. The minimum Gasteiger partial charge on any atom is -0.487 e. The Morgan fingerprint density at radius 1 is 1.08 bits per heavy atom. The van der Waals surface area contributed by atoms with E-state index in [0.29, 0.717) is 31.4 Å². The number of pyridine rings is 1. The summed E-state index contributed by atoms with van der Waals surface area (Å²) >= 11 is 0. The second kappa shape index (κ2) is 9.09. The average molecular weight is 493 g/mol. The summed E-state index contributed by atoms with van der Waals surface area (Å²) in [4.78, 5) is 16.7. The van der Waals surface area contributed by atoms with E-state index in [9.17, 15) is 13.9 Å². The number of rotatable bonds is 6. The normalized spacial score (nSPS) is 20.2. The number of aliphatic hydroxyl groups excluding tert-OH is 1. The lowest BCUT2D eigenvalue weighted by molar-refractivity contribution is 0.163. The van der Waals surface area contributed by atoms with Gasteiger partial charge in [0.05, 0.1) is 17.9 Å². The van der Waals surface area contributed by atoms with E-state index < -0.39 is 11.6 Å². The Morgan fingerprint density at radius 3 is 2.61 bits per heavy atom. The number of aromatic nitrogens is 5. The zero-order valence-corrected chi connectivity index (χ0v) is 19.8. The predicted molar refractivity (Wildman–Crippen MR) is 130 cm³/mol. The second-order valence-electron chi connectivity index (χ2n) is 9.56. The smallest absolute Gasteiger partial charge is 0.167 e. The number of nitrogens with zero attached hydrogens (tertiary/aromatic N) is 6. The van der Waals surface area contributed by atoms with E-state index >= 15 is 0 Å². The Bertz CT molecular complexity index is 1420. The van der Waals surface area contributed by atoms with Crippen molar-refractivity contribution < 1.29 is 18.6 Å². The number of fused-ring (bicyclic) bond motifs is 1. The van der Waals surface area contributed by atoms with Gasteiger partial charge in [0.15, 0.2) is 17.4 Å². The van der Waals surface area contributed by atoms with Gasteiger partial charge in [0.1, 0.15) is 23.1 Å². The van der Waals surface area contributed by atoms with Gasteiger partial charge in [0.2, 0.25) is 0 Å². The van der Waals surface area contributed by atoms with Crippen molar-refractivity contribution in [3.05, 3.63) is 60.2 Å². The van der Waals surface area contributed by atoms with E-state index in [1.807, 2.05) is 19.3 Å². The molecule has 186 valence electrons. The van der Waals surface area contributed by atoms with Gasteiger partial charge in [0.25, 0.3) is 0 Å². The van der Waals surface area contributed by atoms with Crippen molar-refractivity contribution in [1.82, 2.24) is 24.7 Å². The number of anilines is 1. The Labute approximate surface area is 206 Å². The predicted octanol–water partition coefficient (Wildman–Crippen LogP) is 3.85. The van der Waals surface area contributed by atoms with Crippen LogP contribution in [0, 0.1) is 17.6 Å². The molecule has 1 saturated carbocycles. The summed E-state index contributed by atoms with van der Waals surface area (Å²) in [5.41, 5.74) is 3.99. The number of aliphatic hydroxyl groups is 1. The number of benzene rings is 1. The number of halogens is 2. The van der Waals surface area contributed by atoms with Crippen LogP contribution in [-0.4, -0.2) is 55.6 Å². The molecule has 1 saturated heterocycles. The third-order valence-corrected chi connectivity index (χ3v) is 7.00. The number of hydrogen-bond donors (Lipinski definition) is 1. The molecule has 1 aliphatic heterocycles. The highest BCUT2D eigenvalue weighted by Crippen LogP contribution is 2.46. The fraction of sp³-hybridized carbons (Fsp3) is 0.385. The van der Waals surface area contributed by atoms with Gasteiger partial charge in [-0.2, -0.15) is 5.10 Å². The lowest BCUT2D eigenvalue weighted by atomic mass is 10.1. The molecule has 1 aliphatic carbocycles. The largest absolute Gasteiger partial charge is 0.487 e.